The first kappa shape index (κ1) is 18.1. The molecule has 0 saturated heterocycles. The van der Waals surface area contributed by atoms with Crippen LogP contribution in [0.3, 0.4) is 0 Å². The first-order chi connectivity index (χ1) is 12.5. The molecule has 0 fully saturated rings. The molecule has 6 heteroatoms. The minimum Gasteiger partial charge on any atom is -0.493 e. The molecule has 138 valence electrons. The van der Waals surface area contributed by atoms with Gasteiger partial charge in [-0.25, -0.2) is 0 Å². The van der Waals surface area contributed by atoms with Crippen molar-refractivity contribution in [3.8, 4) is 28.4 Å². The molecule has 0 saturated carbocycles. The third kappa shape index (κ3) is 2.86. The second kappa shape index (κ2) is 7.25. The number of anilines is 1. The van der Waals surface area contributed by atoms with E-state index in [1.807, 2.05) is 19.2 Å². The molecule has 0 amide bonds. The molecule has 0 bridgehead atoms. The highest BCUT2D eigenvalue weighted by atomic mass is 16.5. The maximum atomic E-state index is 12.3. The molecule has 1 aliphatic rings. The lowest BCUT2D eigenvalue weighted by atomic mass is 9.95. The van der Waals surface area contributed by atoms with Gasteiger partial charge in [-0.3, -0.25) is 4.79 Å². The SMILES string of the molecule is CN[C@H]1CCc2cc(OC)c(OC)c(OC)c2-c2ccc(N)c(=O)cc21. The maximum absolute atomic E-state index is 12.3. The minimum atomic E-state index is -0.186. The average molecular weight is 356 g/mol. The van der Waals surface area contributed by atoms with Gasteiger partial charge in [0.15, 0.2) is 11.5 Å². The van der Waals surface area contributed by atoms with Crippen LogP contribution in [0, 0.1) is 0 Å². The van der Waals surface area contributed by atoms with E-state index >= 15 is 0 Å². The predicted octanol–water partition coefficient (Wildman–Crippen LogP) is 2.53. The quantitative estimate of drug-likeness (QED) is 0.876. The summed E-state index contributed by atoms with van der Waals surface area (Å²) in [5, 5.41) is 3.31. The van der Waals surface area contributed by atoms with Gasteiger partial charge in [0.25, 0.3) is 0 Å². The minimum absolute atomic E-state index is 0.0265. The largest absolute Gasteiger partial charge is 0.493 e. The molecule has 0 aromatic heterocycles. The molecule has 0 aliphatic heterocycles. The summed E-state index contributed by atoms with van der Waals surface area (Å²) in [6.45, 7) is 0. The van der Waals surface area contributed by atoms with Crippen LogP contribution in [-0.4, -0.2) is 28.4 Å². The highest BCUT2D eigenvalue weighted by Crippen LogP contribution is 2.50. The third-order valence-corrected chi connectivity index (χ3v) is 4.92. The van der Waals surface area contributed by atoms with Gasteiger partial charge in [-0.05, 0) is 54.8 Å². The summed E-state index contributed by atoms with van der Waals surface area (Å²) in [6.07, 6.45) is 1.64. The summed E-state index contributed by atoms with van der Waals surface area (Å²) in [6, 6.07) is 7.16. The van der Waals surface area contributed by atoms with Crippen molar-refractivity contribution in [3.05, 3.63) is 45.6 Å². The predicted molar refractivity (Wildman–Crippen MR) is 102 cm³/mol. The Bertz CT molecular complexity index is 896. The van der Waals surface area contributed by atoms with Gasteiger partial charge in [-0.1, -0.05) is 6.07 Å². The van der Waals surface area contributed by atoms with Crippen molar-refractivity contribution >= 4 is 5.69 Å². The third-order valence-electron chi connectivity index (χ3n) is 4.92. The van der Waals surface area contributed by atoms with Crippen LogP contribution in [0.1, 0.15) is 23.6 Å². The molecule has 26 heavy (non-hydrogen) atoms. The van der Waals surface area contributed by atoms with Crippen LogP contribution in [0.15, 0.2) is 29.1 Å². The molecule has 2 aromatic carbocycles. The number of aryl methyl sites for hydroxylation is 1. The monoisotopic (exact) mass is 356 g/mol. The number of nitrogens with one attached hydrogen (secondary N) is 1. The van der Waals surface area contributed by atoms with E-state index in [4.69, 9.17) is 19.9 Å². The number of benzene rings is 1. The van der Waals surface area contributed by atoms with Gasteiger partial charge < -0.3 is 25.3 Å². The highest BCUT2D eigenvalue weighted by Gasteiger charge is 2.28. The Labute approximate surface area is 152 Å². The van der Waals surface area contributed by atoms with Gasteiger partial charge in [-0.2, -0.15) is 0 Å². The lowest BCUT2D eigenvalue weighted by molar-refractivity contribution is 0.324. The Balaban J connectivity index is 2.44. The zero-order chi connectivity index (χ0) is 18.8. The number of methoxy groups -OCH3 is 3. The molecule has 1 atom stereocenters. The fraction of sp³-hybridized carbons (Fsp3) is 0.350. The lowest BCUT2D eigenvalue weighted by Gasteiger charge is -2.19. The van der Waals surface area contributed by atoms with Crippen molar-refractivity contribution < 1.29 is 14.2 Å². The molecule has 1 aliphatic carbocycles. The number of hydrogen-bond donors (Lipinski definition) is 2. The van der Waals surface area contributed by atoms with Gasteiger partial charge in [-0.15, -0.1) is 0 Å². The molecule has 3 N–H and O–H groups in total. The van der Waals surface area contributed by atoms with Gasteiger partial charge >= 0.3 is 0 Å². The number of fused-ring (bicyclic) bond motifs is 3. The molecule has 2 aromatic rings. The summed E-state index contributed by atoms with van der Waals surface area (Å²) < 4.78 is 16.8. The molecule has 0 spiro atoms. The maximum Gasteiger partial charge on any atom is 0.203 e. The van der Waals surface area contributed by atoms with Crippen LogP contribution in [0.2, 0.25) is 0 Å². The fourth-order valence-corrected chi connectivity index (χ4v) is 3.62. The van der Waals surface area contributed by atoms with Crippen LogP contribution < -0.4 is 30.7 Å². The Hall–Kier alpha value is -2.73. The van der Waals surface area contributed by atoms with E-state index in [2.05, 4.69) is 5.32 Å². The Morgan fingerprint density at radius 2 is 1.81 bits per heavy atom. The second-order valence-corrected chi connectivity index (χ2v) is 6.23. The van der Waals surface area contributed by atoms with Gasteiger partial charge in [0.05, 0.1) is 27.0 Å². The Morgan fingerprint density at radius 3 is 2.42 bits per heavy atom. The van der Waals surface area contributed by atoms with E-state index in [9.17, 15) is 4.79 Å². The van der Waals surface area contributed by atoms with Crippen LogP contribution in [0.25, 0.3) is 11.1 Å². The number of ether oxygens (including phenoxy) is 3. The molecule has 0 heterocycles. The summed E-state index contributed by atoms with van der Waals surface area (Å²) in [7, 11) is 6.69. The van der Waals surface area contributed by atoms with Crippen molar-refractivity contribution in [1.82, 2.24) is 5.32 Å². The standard InChI is InChI=1S/C20H24N2O4/c1-22-15-8-5-11-9-17(24-2)19(25-3)20(26-4)18(11)12-6-7-14(21)16(23)10-13(12)15/h6-7,9-10,15,22H,5,8H2,1-4H3,(H2,21,23)/t15-/m0/s1. The topological polar surface area (TPSA) is 82.8 Å². The van der Waals surface area contributed by atoms with Gasteiger partial charge in [0.2, 0.25) is 11.2 Å². The van der Waals surface area contributed by atoms with Crippen LogP contribution in [0.5, 0.6) is 17.2 Å². The summed E-state index contributed by atoms with van der Waals surface area (Å²) in [5.74, 6) is 1.75. The zero-order valence-corrected chi connectivity index (χ0v) is 15.5. The fourth-order valence-electron chi connectivity index (χ4n) is 3.62. The second-order valence-electron chi connectivity index (χ2n) is 6.23. The van der Waals surface area contributed by atoms with Crippen molar-refractivity contribution in [1.29, 1.82) is 0 Å². The van der Waals surface area contributed by atoms with Crippen molar-refractivity contribution in [2.24, 2.45) is 0 Å². The van der Waals surface area contributed by atoms with Crippen LogP contribution in [0.4, 0.5) is 5.69 Å². The van der Waals surface area contributed by atoms with Crippen LogP contribution in [-0.2, 0) is 6.42 Å². The van der Waals surface area contributed by atoms with E-state index in [0.717, 1.165) is 35.1 Å². The summed E-state index contributed by atoms with van der Waals surface area (Å²) in [4.78, 5) is 12.3. The van der Waals surface area contributed by atoms with Gasteiger partial charge in [0, 0.05) is 11.6 Å². The smallest absolute Gasteiger partial charge is 0.203 e. The number of hydrogen-bond acceptors (Lipinski definition) is 6. The number of nitrogens with two attached hydrogens (primary N) is 1. The Morgan fingerprint density at radius 1 is 1.08 bits per heavy atom. The molecular weight excluding hydrogens is 332 g/mol. The van der Waals surface area contributed by atoms with Gasteiger partial charge in [0.1, 0.15) is 0 Å². The molecule has 0 radical (unpaired) electrons. The normalized spacial score (nSPS) is 15.5. The highest BCUT2D eigenvalue weighted by molar-refractivity contribution is 5.82. The van der Waals surface area contributed by atoms with E-state index in [1.165, 1.54) is 0 Å². The van der Waals surface area contributed by atoms with E-state index in [1.54, 1.807) is 33.5 Å². The molecule has 3 rings (SSSR count). The van der Waals surface area contributed by atoms with Crippen LogP contribution >= 0.6 is 0 Å². The van der Waals surface area contributed by atoms with E-state index in [-0.39, 0.29) is 17.2 Å². The summed E-state index contributed by atoms with van der Waals surface area (Å²) in [5.41, 5.74) is 9.70. The van der Waals surface area contributed by atoms with Crippen molar-refractivity contribution in [3.63, 3.8) is 0 Å². The molecule has 0 unspecified atom stereocenters. The molecule has 6 nitrogen and oxygen atoms in total. The van der Waals surface area contributed by atoms with E-state index in [0.29, 0.717) is 17.2 Å². The first-order valence-corrected chi connectivity index (χ1v) is 8.48. The Kier molecular flexibility index (Phi) is 5.04. The van der Waals surface area contributed by atoms with E-state index < -0.39 is 0 Å². The number of nitrogen functional groups attached to an aromatic ring is 1. The first-order valence-electron chi connectivity index (χ1n) is 8.48. The average Bonchev–Trinajstić information content (AvgIpc) is 2.89. The van der Waals surface area contributed by atoms with Crippen molar-refractivity contribution in [2.45, 2.75) is 18.9 Å². The zero-order valence-electron chi connectivity index (χ0n) is 15.5. The number of rotatable bonds is 4. The summed E-state index contributed by atoms with van der Waals surface area (Å²) >= 11 is 0. The van der Waals surface area contributed by atoms with Crippen molar-refractivity contribution in [2.75, 3.05) is 34.1 Å². The lowest BCUT2D eigenvalue weighted by Crippen LogP contribution is -2.17. The molecular formula is C20H24N2O4.